The zero-order valence-electron chi connectivity index (χ0n) is 7.79. The third-order valence-corrected chi connectivity index (χ3v) is 2.19. The maximum absolute atomic E-state index is 12.6. The van der Waals surface area contributed by atoms with E-state index in [9.17, 15) is 14.0 Å². The molecule has 5 heteroatoms. The first-order valence-electron chi connectivity index (χ1n) is 4.49. The Bertz CT molecular complexity index is 402. The van der Waals surface area contributed by atoms with Crippen LogP contribution in [0.25, 0.3) is 0 Å². The van der Waals surface area contributed by atoms with Crippen LogP contribution in [0.2, 0.25) is 0 Å². The van der Waals surface area contributed by atoms with Gasteiger partial charge >= 0.3 is 0 Å². The molecule has 1 aliphatic heterocycles. The van der Waals surface area contributed by atoms with E-state index in [0.29, 0.717) is 5.56 Å². The van der Waals surface area contributed by atoms with Gasteiger partial charge in [-0.15, -0.1) is 0 Å². The molecule has 1 atom stereocenters. The number of carbonyl (C=O) groups excluding carboxylic acids is 2. The molecule has 1 aromatic rings. The molecule has 78 valence electrons. The SMILES string of the molecule is O=C1CNC(=O)[C@@H](c2ccc(F)cc2)N1. The highest BCUT2D eigenvalue weighted by Gasteiger charge is 2.26. The molecule has 2 rings (SSSR count). The lowest BCUT2D eigenvalue weighted by molar-refractivity contribution is -0.133. The number of rotatable bonds is 1. The van der Waals surface area contributed by atoms with Gasteiger partial charge in [-0.1, -0.05) is 12.1 Å². The van der Waals surface area contributed by atoms with E-state index in [2.05, 4.69) is 10.6 Å². The second-order valence-electron chi connectivity index (χ2n) is 3.27. The predicted molar refractivity (Wildman–Crippen MR) is 50.3 cm³/mol. The molecule has 0 saturated carbocycles. The molecule has 0 aliphatic carbocycles. The third-order valence-electron chi connectivity index (χ3n) is 2.19. The Balaban J connectivity index is 2.25. The van der Waals surface area contributed by atoms with Crippen LogP contribution in [0, 0.1) is 5.82 Å². The first-order valence-corrected chi connectivity index (χ1v) is 4.49. The van der Waals surface area contributed by atoms with Gasteiger partial charge in [0.15, 0.2) is 0 Å². The number of piperazine rings is 1. The summed E-state index contributed by atoms with van der Waals surface area (Å²) in [6.07, 6.45) is 0. The van der Waals surface area contributed by atoms with Crippen LogP contribution in [0.3, 0.4) is 0 Å². The minimum absolute atomic E-state index is 0.00344. The third kappa shape index (κ3) is 1.96. The molecule has 1 fully saturated rings. The molecule has 15 heavy (non-hydrogen) atoms. The van der Waals surface area contributed by atoms with Crippen molar-refractivity contribution in [3.05, 3.63) is 35.6 Å². The van der Waals surface area contributed by atoms with Gasteiger partial charge in [-0.25, -0.2) is 4.39 Å². The van der Waals surface area contributed by atoms with Crippen molar-refractivity contribution in [2.75, 3.05) is 6.54 Å². The van der Waals surface area contributed by atoms with E-state index in [1.807, 2.05) is 0 Å². The van der Waals surface area contributed by atoms with Crippen molar-refractivity contribution in [1.82, 2.24) is 10.6 Å². The maximum Gasteiger partial charge on any atom is 0.247 e. The summed E-state index contributed by atoms with van der Waals surface area (Å²) in [5.74, 6) is -0.897. The Morgan fingerprint density at radius 2 is 1.87 bits per heavy atom. The summed E-state index contributed by atoms with van der Waals surface area (Å²) in [5, 5.41) is 4.98. The standard InChI is InChI=1S/C10H9FN2O2/c11-7-3-1-6(2-4-7)9-10(15)12-5-8(14)13-9/h1-4,9H,5H2,(H,12,15)(H,13,14)/t9-/m1/s1. The summed E-state index contributed by atoms with van der Waals surface area (Å²) in [6.45, 7) is -0.00344. The predicted octanol–water partition coefficient (Wildman–Crippen LogP) is 0.113. The van der Waals surface area contributed by atoms with Crippen LogP contribution in [-0.2, 0) is 9.59 Å². The van der Waals surface area contributed by atoms with Crippen molar-refractivity contribution < 1.29 is 14.0 Å². The Labute approximate surface area is 85.5 Å². The average Bonchev–Trinajstić information content (AvgIpc) is 2.23. The molecule has 1 heterocycles. The maximum atomic E-state index is 12.6. The van der Waals surface area contributed by atoms with E-state index in [0.717, 1.165) is 0 Å². The number of nitrogens with one attached hydrogen (secondary N) is 2. The molecule has 2 amide bonds. The molecule has 0 unspecified atom stereocenters. The summed E-state index contributed by atoms with van der Waals surface area (Å²) in [5.41, 5.74) is 0.571. The van der Waals surface area contributed by atoms with Gasteiger partial charge in [0.1, 0.15) is 11.9 Å². The molecule has 0 aromatic heterocycles. The lowest BCUT2D eigenvalue weighted by Crippen LogP contribution is -2.50. The molecule has 2 N–H and O–H groups in total. The monoisotopic (exact) mass is 208 g/mol. The van der Waals surface area contributed by atoms with E-state index in [1.165, 1.54) is 24.3 Å². The molecule has 0 bridgehead atoms. The Morgan fingerprint density at radius 3 is 2.53 bits per heavy atom. The van der Waals surface area contributed by atoms with Gasteiger partial charge in [0, 0.05) is 0 Å². The molecular formula is C10H9FN2O2. The first kappa shape index (κ1) is 9.64. The minimum atomic E-state index is -0.716. The normalized spacial score (nSPS) is 20.7. The fourth-order valence-corrected chi connectivity index (χ4v) is 1.44. The van der Waals surface area contributed by atoms with Crippen LogP contribution < -0.4 is 10.6 Å². The van der Waals surface area contributed by atoms with Gasteiger partial charge in [-0.2, -0.15) is 0 Å². The van der Waals surface area contributed by atoms with Crippen LogP contribution in [0.4, 0.5) is 4.39 Å². The van der Waals surface area contributed by atoms with E-state index < -0.39 is 6.04 Å². The molecule has 4 nitrogen and oxygen atoms in total. The fourth-order valence-electron chi connectivity index (χ4n) is 1.44. The van der Waals surface area contributed by atoms with Crippen LogP contribution in [0.1, 0.15) is 11.6 Å². The van der Waals surface area contributed by atoms with Crippen molar-refractivity contribution in [2.24, 2.45) is 0 Å². The smallest absolute Gasteiger partial charge is 0.247 e. The van der Waals surface area contributed by atoms with Gasteiger partial charge < -0.3 is 10.6 Å². The highest BCUT2D eigenvalue weighted by molar-refractivity contribution is 5.95. The summed E-state index contributed by atoms with van der Waals surface area (Å²) in [6, 6.07) is 4.75. The van der Waals surface area contributed by atoms with Crippen molar-refractivity contribution in [1.29, 1.82) is 0 Å². The summed E-state index contributed by atoms with van der Waals surface area (Å²) in [7, 11) is 0. The number of hydrogen-bond acceptors (Lipinski definition) is 2. The van der Waals surface area contributed by atoms with Gasteiger partial charge in [0.25, 0.3) is 0 Å². The van der Waals surface area contributed by atoms with Crippen LogP contribution in [0.5, 0.6) is 0 Å². The van der Waals surface area contributed by atoms with Crippen molar-refractivity contribution >= 4 is 11.8 Å². The van der Waals surface area contributed by atoms with Gasteiger partial charge in [-0.3, -0.25) is 9.59 Å². The van der Waals surface area contributed by atoms with Crippen molar-refractivity contribution in [3.63, 3.8) is 0 Å². The van der Waals surface area contributed by atoms with Crippen LogP contribution in [0.15, 0.2) is 24.3 Å². The minimum Gasteiger partial charge on any atom is -0.345 e. The van der Waals surface area contributed by atoms with E-state index in [4.69, 9.17) is 0 Å². The quantitative estimate of drug-likeness (QED) is 0.688. The second-order valence-corrected chi connectivity index (χ2v) is 3.27. The fraction of sp³-hybridized carbons (Fsp3) is 0.200. The largest absolute Gasteiger partial charge is 0.345 e. The molecule has 1 aliphatic rings. The molecule has 0 spiro atoms. The average molecular weight is 208 g/mol. The number of amides is 2. The highest BCUT2D eigenvalue weighted by atomic mass is 19.1. The van der Waals surface area contributed by atoms with E-state index in [1.54, 1.807) is 0 Å². The zero-order valence-corrected chi connectivity index (χ0v) is 7.79. The topological polar surface area (TPSA) is 58.2 Å². The lowest BCUT2D eigenvalue weighted by atomic mass is 10.0. The number of benzene rings is 1. The summed E-state index contributed by atoms with van der Waals surface area (Å²) >= 11 is 0. The molecule has 1 aromatic carbocycles. The molecule has 0 radical (unpaired) electrons. The van der Waals surface area contributed by atoms with Gasteiger partial charge in [0.05, 0.1) is 6.54 Å². The van der Waals surface area contributed by atoms with Crippen LogP contribution >= 0.6 is 0 Å². The number of carbonyl (C=O) groups is 2. The first-order chi connectivity index (χ1) is 7.16. The highest BCUT2D eigenvalue weighted by Crippen LogP contribution is 2.15. The Kier molecular flexibility index (Phi) is 2.37. The molecule has 1 saturated heterocycles. The van der Waals surface area contributed by atoms with Crippen LogP contribution in [-0.4, -0.2) is 18.4 Å². The van der Waals surface area contributed by atoms with E-state index in [-0.39, 0.29) is 24.2 Å². The van der Waals surface area contributed by atoms with Crippen molar-refractivity contribution in [3.8, 4) is 0 Å². The van der Waals surface area contributed by atoms with Gasteiger partial charge in [0.2, 0.25) is 11.8 Å². The van der Waals surface area contributed by atoms with Gasteiger partial charge in [-0.05, 0) is 17.7 Å². The number of hydrogen-bond donors (Lipinski definition) is 2. The summed E-state index contributed by atoms with van der Waals surface area (Å²) in [4.78, 5) is 22.5. The summed E-state index contributed by atoms with van der Waals surface area (Å²) < 4.78 is 12.6. The van der Waals surface area contributed by atoms with Crippen molar-refractivity contribution in [2.45, 2.75) is 6.04 Å². The zero-order chi connectivity index (χ0) is 10.8. The second kappa shape index (κ2) is 3.68. The Morgan fingerprint density at radius 1 is 1.20 bits per heavy atom. The Hall–Kier alpha value is -1.91. The number of halogens is 1. The van der Waals surface area contributed by atoms with E-state index >= 15 is 0 Å². The lowest BCUT2D eigenvalue weighted by Gasteiger charge is -2.23. The molecular weight excluding hydrogens is 199 g/mol.